The van der Waals surface area contributed by atoms with Crippen LogP contribution in [0, 0.1) is 0 Å². The van der Waals surface area contributed by atoms with Gasteiger partial charge in [-0.3, -0.25) is 0 Å². The van der Waals surface area contributed by atoms with Gasteiger partial charge in [-0.2, -0.15) is 0 Å². The van der Waals surface area contributed by atoms with Gasteiger partial charge in [0.05, 0.1) is 6.54 Å². The van der Waals surface area contributed by atoms with Gasteiger partial charge in [-0.15, -0.1) is 0 Å². The lowest BCUT2D eigenvalue weighted by molar-refractivity contribution is -0.130. The highest BCUT2D eigenvalue weighted by atomic mass is 32.1. The van der Waals surface area contributed by atoms with Crippen molar-refractivity contribution in [1.29, 1.82) is 0 Å². The molecule has 0 aromatic rings. The number of nitrogens with two attached hydrogens (primary N) is 1. The van der Waals surface area contributed by atoms with E-state index in [4.69, 9.17) is 15.2 Å². The fourth-order valence-electron chi connectivity index (χ4n) is 0.794. The summed E-state index contributed by atoms with van der Waals surface area (Å²) < 4.78 is 10.6. The molecule has 0 aromatic carbocycles. The van der Waals surface area contributed by atoms with Crippen molar-refractivity contribution >= 4 is 16.5 Å². The average Bonchev–Trinajstić information content (AvgIpc) is 2.14. The van der Waals surface area contributed by atoms with E-state index in [1.807, 2.05) is 20.1 Å². The zero-order valence-electron chi connectivity index (χ0n) is 8.50. The number of hydrogen-bond donors (Lipinski definition) is 2. The molecule has 13 heavy (non-hydrogen) atoms. The van der Waals surface area contributed by atoms with Gasteiger partial charge in [0, 0.05) is 13.2 Å². The van der Waals surface area contributed by atoms with E-state index in [0.29, 0.717) is 24.9 Å². The summed E-state index contributed by atoms with van der Waals surface area (Å²) >= 11 is 1.48. The zero-order chi connectivity index (χ0) is 10.1. The van der Waals surface area contributed by atoms with Crippen molar-refractivity contribution in [2.24, 2.45) is 5.73 Å². The average molecular weight is 207 g/mol. The van der Waals surface area contributed by atoms with Gasteiger partial charge in [-0.05, 0) is 13.8 Å². The number of hydrogen-bond acceptors (Lipinski definition) is 2. The Morgan fingerprint density at radius 2 is 1.92 bits per heavy atom. The molecule has 0 saturated carbocycles. The highest BCUT2D eigenvalue weighted by molar-refractivity contribution is 7.77. The molecule has 0 amide bonds. The maximum Gasteiger partial charge on any atom is 0.317 e. The summed E-state index contributed by atoms with van der Waals surface area (Å²) in [5.41, 5.74) is 5.57. The Kier molecular flexibility index (Phi) is 8.48. The molecule has 0 aliphatic rings. The Hall–Kier alpha value is -0.0700. The first-order chi connectivity index (χ1) is 6.24. The molecule has 0 heterocycles. The highest BCUT2D eigenvalue weighted by Crippen LogP contribution is 1.92. The van der Waals surface area contributed by atoms with E-state index in [-0.39, 0.29) is 6.29 Å². The van der Waals surface area contributed by atoms with Gasteiger partial charge in [-0.1, -0.05) is 0 Å². The van der Waals surface area contributed by atoms with E-state index in [0.717, 1.165) is 0 Å². The molecule has 0 radical (unpaired) electrons. The van der Waals surface area contributed by atoms with Crippen molar-refractivity contribution in [3.63, 3.8) is 0 Å². The lowest BCUT2D eigenvalue weighted by Crippen LogP contribution is -2.39. The fraction of sp³-hybridized carbons (Fsp3) is 0.875. The predicted molar refractivity (Wildman–Crippen MR) is 57.5 cm³/mol. The van der Waals surface area contributed by atoms with E-state index < -0.39 is 0 Å². The van der Waals surface area contributed by atoms with Crippen LogP contribution in [-0.4, -0.2) is 37.4 Å². The molecule has 0 aliphatic heterocycles. The third-order valence-corrected chi connectivity index (χ3v) is 1.95. The van der Waals surface area contributed by atoms with E-state index in [1.54, 1.807) is 0 Å². The summed E-state index contributed by atoms with van der Waals surface area (Å²) in [7, 11) is 0. The molecule has 0 unspecified atom stereocenters. The SMILES string of the molecule is CCOC(CN/C(N)=[S+]/C)OCC. The number of ether oxygens (including phenoxy) is 2. The Labute approximate surface area is 83.7 Å². The minimum Gasteiger partial charge on any atom is -0.352 e. The summed E-state index contributed by atoms with van der Waals surface area (Å²) in [6, 6.07) is 0. The van der Waals surface area contributed by atoms with E-state index in [1.165, 1.54) is 11.4 Å². The lowest BCUT2D eigenvalue weighted by atomic mass is 10.6. The Morgan fingerprint density at radius 1 is 1.38 bits per heavy atom. The predicted octanol–water partition coefficient (Wildman–Crippen LogP) is -0.266. The van der Waals surface area contributed by atoms with E-state index >= 15 is 0 Å². The second kappa shape index (κ2) is 8.52. The van der Waals surface area contributed by atoms with Gasteiger partial charge in [0.2, 0.25) is 11.4 Å². The van der Waals surface area contributed by atoms with Gasteiger partial charge >= 0.3 is 5.11 Å². The van der Waals surface area contributed by atoms with Crippen molar-refractivity contribution in [1.82, 2.24) is 5.32 Å². The number of rotatable bonds is 6. The molecule has 0 saturated heterocycles. The van der Waals surface area contributed by atoms with Crippen molar-refractivity contribution in [2.75, 3.05) is 26.0 Å². The molecule has 0 bridgehead atoms. The molecule has 0 aromatic heterocycles. The van der Waals surface area contributed by atoms with E-state index in [2.05, 4.69) is 5.32 Å². The molecular formula is C8H19N2O2S+. The van der Waals surface area contributed by atoms with Crippen LogP contribution in [0.5, 0.6) is 0 Å². The standard InChI is InChI=1S/C8H19N2O2S/c1-4-11-7(12-5-2)6-10-8(9)13-3/h7,10H,4-6,9H2,1-3H3/q+1. The Balaban J connectivity index is 3.67. The maximum atomic E-state index is 5.57. The van der Waals surface area contributed by atoms with Crippen molar-refractivity contribution in [3.8, 4) is 0 Å². The first-order valence-corrected chi connectivity index (χ1v) is 5.60. The fourth-order valence-corrected chi connectivity index (χ4v) is 1.02. The quantitative estimate of drug-likeness (QED) is 0.358. The smallest absolute Gasteiger partial charge is 0.317 e. The van der Waals surface area contributed by atoms with Crippen LogP contribution in [0.4, 0.5) is 0 Å². The zero-order valence-corrected chi connectivity index (χ0v) is 9.32. The molecule has 0 rings (SSSR count). The lowest BCUT2D eigenvalue weighted by Gasteiger charge is -2.15. The molecule has 4 nitrogen and oxygen atoms in total. The van der Waals surface area contributed by atoms with Crippen LogP contribution in [0.3, 0.4) is 0 Å². The Morgan fingerprint density at radius 3 is 2.31 bits per heavy atom. The molecule has 0 atom stereocenters. The van der Waals surface area contributed by atoms with E-state index in [9.17, 15) is 0 Å². The normalized spacial score (nSPS) is 12.5. The van der Waals surface area contributed by atoms with Crippen molar-refractivity contribution < 1.29 is 9.47 Å². The van der Waals surface area contributed by atoms with Crippen molar-refractivity contribution in [3.05, 3.63) is 0 Å². The highest BCUT2D eigenvalue weighted by Gasteiger charge is 2.09. The molecule has 0 spiro atoms. The minimum absolute atomic E-state index is 0.208. The van der Waals surface area contributed by atoms with Crippen LogP contribution < -0.4 is 11.1 Å². The van der Waals surface area contributed by atoms with Gasteiger partial charge < -0.3 is 9.47 Å². The molecule has 0 aliphatic carbocycles. The first-order valence-electron chi connectivity index (χ1n) is 4.38. The third-order valence-electron chi connectivity index (χ3n) is 1.37. The number of nitrogens with one attached hydrogen (secondary N) is 1. The summed E-state index contributed by atoms with van der Waals surface area (Å²) in [4.78, 5) is 0. The Bertz CT molecular complexity index is 147. The molecule has 0 fully saturated rings. The van der Waals surface area contributed by atoms with Gasteiger partial charge in [0.1, 0.15) is 0 Å². The van der Waals surface area contributed by atoms with Crippen molar-refractivity contribution in [2.45, 2.75) is 20.1 Å². The summed E-state index contributed by atoms with van der Waals surface area (Å²) in [5, 5.41) is 3.69. The largest absolute Gasteiger partial charge is 0.352 e. The third kappa shape index (κ3) is 7.04. The van der Waals surface area contributed by atoms with Crippen LogP contribution in [-0.2, 0) is 20.8 Å². The van der Waals surface area contributed by atoms with Gasteiger partial charge in [-0.25, -0.2) is 11.1 Å². The van der Waals surface area contributed by atoms with Crippen LogP contribution >= 0.6 is 0 Å². The molecular weight excluding hydrogens is 188 g/mol. The second-order valence-corrected chi connectivity index (χ2v) is 3.14. The summed E-state index contributed by atoms with van der Waals surface area (Å²) in [5.74, 6) is 0. The van der Waals surface area contributed by atoms with Gasteiger partial charge in [0.25, 0.3) is 0 Å². The summed E-state index contributed by atoms with van der Waals surface area (Å²) in [6.45, 7) is 5.76. The second-order valence-electron chi connectivity index (χ2n) is 2.29. The monoisotopic (exact) mass is 207 g/mol. The van der Waals surface area contributed by atoms with Crippen LogP contribution in [0.1, 0.15) is 13.8 Å². The van der Waals surface area contributed by atoms with Crippen LogP contribution in [0.2, 0.25) is 0 Å². The topological polar surface area (TPSA) is 56.5 Å². The molecule has 5 heteroatoms. The van der Waals surface area contributed by atoms with Crippen LogP contribution in [0.15, 0.2) is 0 Å². The molecule has 3 N–H and O–H groups in total. The maximum absolute atomic E-state index is 5.57. The first kappa shape index (κ1) is 12.9. The minimum atomic E-state index is -0.208. The summed E-state index contributed by atoms with van der Waals surface area (Å²) in [6.07, 6.45) is 1.71. The molecule has 78 valence electrons. The van der Waals surface area contributed by atoms with Gasteiger partial charge in [0.15, 0.2) is 12.5 Å². The van der Waals surface area contributed by atoms with Crippen LogP contribution in [0.25, 0.3) is 0 Å².